The second kappa shape index (κ2) is 7.93. The van der Waals surface area contributed by atoms with Gasteiger partial charge in [-0.15, -0.1) is 0 Å². The number of carbonyl (C=O) groups is 1. The first-order chi connectivity index (χ1) is 11.7. The maximum atomic E-state index is 12.7. The van der Waals surface area contributed by atoms with Gasteiger partial charge in [0.15, 0.2) is 0 Å². The third kappa shape index (κ3) is 4.12. The van der Waals surface area contributed by atoms with Crippen LogP contribution < -0.4 is 5.32 Å². The van der Waals surface area contributed by atoms with Crippen LogP contribution in [-0.2, 0) is 6.42 Å². The molecule has 2 nitrogen and oxygen atoms in total. The van der Waals surface area contributed by atoms with E-state index in [0.717, 1.165) is 16.5 Å². The Labute approximate surface area is 150 Å². The molecule has 0 aliphatic carbocycles. The van der Waals surface area contributed by atoms with Gasteiger partial charge < -0.3 is 5.32 Å². The number of amides is 1. The van der Waals surface area contributed by atoms with Gasteiger partial charge in [0.05, 0.1) is 11.6 Å². The van der Waals surface area contributed by atoms with Crippen LogP contribution >= 0.6 is 15.9 Å². The average molecular weight is 380 g/mol. The van der Waals surface area contributed by atoms with Crippen molar-refractivity contribution in [3.8, 4) is 0 Å². The van der Waals surface area contributed by atoms with E-state index in [1.807, 2.05) is 72.8 Å². The van der Waals surface area contributed by atoms with E-state index in [1.54, 1.807) is 0 Å². The molecule has 0 fully saturated rings. The summed E-state index contributed by atoms with van der Waals surface area (Å²) in [6.07, 6.45) is 0.751. The number of halogens is 1. The molecule has 1 N–H and O–H groups in total. The van der Waals surface area contributed by atoms with Gasteiger partial charge in [-0.25, -0.2) is 0 Å². The van der Waals surface area contributed by atoms with Crippen LogP contribution in [0.15, 0.2) is 89.4 Å². The van der Waals surface area contributed by atoms with Gasteiger partial charge in [0, 0.05) is 4.47 Å². The van der Waals surface area contributed by atoms with E-state index >= 15 is 0 Å². The highest BCUT2D eigenvalue weighted by atomic mass is 79.9. The van der Waals surface area contributed by atoms with Crippen molar-refractivity contribution in [3.63, 3.8) is 0 Å². The molecular weight excluding hydrogens is 362 g/mol. The van der Waals surface area contributed by atoms with Crippen LogP contribution in [0.5, 0.6) is 0 Å². The molecule has 1 atom stereocenters. The zero-order valence-electron chi connectivity index (χ0n) is 13.2. The van der Waals surface area contributed by atoms with Gasteiger partial charge in [0.2, 0.25) is 0 Å². The van der Waals surface area contributed by atoms with Crippen molar-refractivity contribution in [3.05, 3.63) is 106 Å². The lowest BCUT2D eigenvalue weighted by atomic mass is 9.98. The van der Waals surface area contributed by atoms with Gasteiger partial charge in [-0.2, -0.15) is 0 Å². The first kappa shape index (κ1) is 16.5. The third-order valence-corrected chi connectivity index (χ3v) is 4.60. The SMILES string of the molecule is O=C(N[C@@H](Cc1ccccc1)c1ccccc1)c1ccccc1Br. The van der Waals surface area contributed by atoms with Gasteiger partial charge in [0.25, 0.3) is 5.91 Å². The molecule has 1 amide bonds. The highest BCUT2D eigenvalue weighted by Gasteiger charge is 2.17. The van der Waals surface area contributed by atoms with Gasteiger partial charge in [-0.3, -0.25) is 4.79 Å². The van der Waals surface area contributed by atoms with Gasteiger partial charge in [-0.1, -0.05) is 72.8 Å². The molecule has 0 aliphatic rings. The second-order valence-corrected chi connectivity index (χ2v) is 6.46. The Morgan fingerprint density at radius 1 is 0.833 bits per heavy atom. The third-order valence-electron chi connectivity index (χ3n) is 3.91. The molecule has 3 rings (SSSR count). The summed E-state index contributed by atoms with van der Waals surface area (Å²) in [5.41, 5.74) is 2.94. The normalized spacial score (nSPS) is 11.7. The lowest BCUT2D eigenvalue weighted by Gasteiger charge is -2.20. The van der Waals surface area contributed by atoms with Crippen LogP contribution in [0, 0.1) is 0 Å². The van der Waals surface area contributed by atoms with Crippen LogP contribution in [0.3, 0.4) is 0 Å². The number of benzene rings is 3. The zero-order chi connectivity index (χ0) is 16.8. The van der Waals surface area contributed by atoms with E-state index in [2.05, 4.69) is 33.4 Å². The fourth-order valence-corrected chi connectivity index (χ4v) is 3.13. The predicted molar refractivity (Wildman–Crippen MR) is 101 cm³/mol. The molecular formula is C21H18BrNO. The van der Waals surface area contributed by atoms with Gasteiger partial charge >= 0.3 is 0 Å². The number of nitrogens with one attached hydrogen (secondary N) is 1. The largest absolute Gasteiger partial charge is 0.345 e. The highest BCUT2D eigenvalue weighted by molar-refractivity contribution is 9.10. The first-order valence-electron chi connectivity index (χ1n) is 7.88. The summed E-state index contributed by atoms with van der Waals surface area (Å²) in [5.74, 6) is -0.0766. The lowest BCUT2D eigenvalue weighted by molar-refractivity contribution is 0.0935. The predicted octanol–water partition coefficient (Wildman–Crippen LogP) is 5.16. The Bertz CT molecular complexity index is 802. The maximum absolute atomic E-state index is 12.7. The maximum Gasteiger partial charge on any atom is 0.252 e. The number of carbonyl (C=O) groups excluding carboxylic acids is 1. The minimum Gasteiger partial charge on any atom is -0.345 e. The summed E-state index contributed by atoms with van der Waals surface area (Å²) in [6.45, 7) is 0. The quantitative estimate of drug-likeness (QED) is 0.651. The Balaban J connectivity index is 1.85. The van der Waals surface area contributed by atoms with Crippen LogP contribution in [0.25, 0.3) is 0 Å². The average Bonchev–Trinajstić information content (AvgIpc) is 2.63. The fraction of sp³-hybridized carbons (Fsp3) is 0.0952. The summed E-state index contributed by atoms with van der Waals surface area (Å²) >= 11 is 3.45. The first-order valence-corrected chi connectivity index (χ1v) is 8.67. The Kier molecular flexibility index (Phi) is 5.44. The Morgan fingerprint density at radius 3 is 2.08 bits per heavy atom. The minimum absolute atomic E-state index is 0.0757. The smallest absolute Gasteiger partial charge is 0.252 e. The van der Waals surface area contributed by atoms with Gasteiger partial charge in [0.1, 0.15) is 0 Å². The molecule has 3 aromatic carbocycles. The molecule has 24 heavy (non-hydrogen) atoms. The number of rotatable bonds is 5. The van der Waals surface area contributed by atoms with E-state index in [0.29, 0.717) is 5.56 Å². The molecule has 3 heteroatoms. The molecule has 0 bridgehead atoms. The van der Waals surface area contributed by atoms with E-state index in [-0.39, 0.29) is 11.9 Å². The molecule has 0 unspecified atom stereocenters. The summed E-state index contributed by atoms with van der Waals surface area (Å²) in [6, 6.07) is 27.7. The number of hydrogen-bond donors (Lipinski definition) is 1. The fourth-order valence-electron chi connectivity index (χ4n) is 2.67. The summed E-state index contributed by atoms with van der Waals surface area (Å²) in [5, 5.41) is 3.17. The Hall–Kier alpha value is -2.39. The molecule has 120 valence electrons. The standard InChI is InChI=1S/C21H18BrNO/c22-19-14-8-7-13-18(19)21(24)23-20(17-11-5-2-6-12-17)15-16-9-3-1-4-10-16/h1-14,20H,15H2,(H,23,24)/t20-/m0/s1. The topological polar surface area (TPSA) is 29.1 Å². The van der Waals surface area contributed by atoms with Crippen LogP contribution in [-0.4, -0.2) is 5.91 Å². The molecule has 0 saturated heterocycles. The lowest BCUT2D eigenvalue weighted by Crippen LogP contribution is -2.30. The van der Waals surface area contributed by atoms with E-state index in [1.165, 1.54) is 5.56 Å². The highest BCUT2D eigenvalue weighted by Crippen LogP contribution is 2.21. The van der Waals surface area contributed by atoms with Crippen LogP contribution in [0.1, 0.15) is 27.5 Å². The summed E-state index contributed by atoms with van der Waals surface area (Å²) < 4.78 is 0.800. The second-order valence-electron chi connectivity index (χ2n) is 5.61. The summed E-state index contributed by atoms with van der Waals surface area (Å²) in [7, 11) is 0. The van der Waals surface area contributed by atoms with Crippen molar-refractivity contribution in [2.45, 2.75) is 12.5 Å². The van der Waals surface area contributed by atoms with Crippen LogP contribution in [0.4, 0.5) is 0 Å². The molecule has 0 spiro atoms. The van der Waals surface area contributed by atoms with Crippen molar-refractivity contribution < 1.29 is 4.79 Å². The van der Waals surface area contributed by atoms with E-state index in [9.17, 15) is 4.79 Å². The van der Waals surface area contributed by atoms with Crippen molar-refractivity contribution in [2.75, 3.05) is 0 Å². The molecule has 3 aromatic rings. The monoisotopic (exact) mass is 379 g/mol. The minimum atomic E-state index is -0.0766. The van der Waals surface area contributed by atoms with Crippen LogP contribution in [0.2, 0.25) is 0 Å². The molecule has 0 heterocycles. The molecule has 0 saturated carbocycles. The van der Waals surface area contributed by atoms with Gasteiger partial charge in [-0.05, 0) is 45.6 Å². The zero-order valence-corrected chi connectivity index (χ0v) is 14.7. The Morgan fingerprint density at radius 2 is 1.42 bits per heavy atom. The van der Waals surface area contributed by atoms with Crippen molar-refractivity contribution in [1.82, 2.24) is 5.32 Å². The summed E-state index contributed by atoms with van der Waals surface area (Å²) in [4.78, 5) is 12.7. The molecule has 0 aliphatic heterocycles. The van der Waals surface area contributed by atoms with Crippen molar-refractivity contribution in [2.24, 2.45) is 0 Å². The number of hydrogen-bond acceptors (Lipinski definition) is 1. The van der Waals surface area contributed by atoms with E-state index < -0.39 is 0 Å². The van der Waals surface area contributed by atoms with Crippen molar-refractivity contribution in [1.29, 1.82) is 0 Å². The molecule has 0 radical (unpaired) electrons. The van der Waals surface area contributed by atoms with Crippen molar-refractivity contribution >= 4 is 21.8 Å². The van der Waals surface area contributed by atoms with E-state index in [4.69, 9.17) is 0 Å². The molecule has 0 aromatic heterocycles.